The predicted octanol–water partition coefficient (Wildman–Crippen LogP) is 1.59. The average molecular weight is 292 g/mol. The van der Waals surface area contributed by atoms with E-state index in [-0.39, 0.29) is 0 Å². The lowest BCUT2D eigenvalue weighted by Crippen LogP contribution is -2.40. The van der Waals surface area contributed by atoms with Gasteiger partial charge in [0.25, 0.3) is 11.6 Å². The molecule has 0 aliphatic heterocycles. The highest BCUT2D eigenvalue weighted by Gasteiger charge is 2.34. The average Bonchev–Trinajstić information content (AvgIpc) is 2.36. The summed E-state index contributed by atoms with van der Waals surface area (Å²) in [6, 6.07) is 4.71. The number of amides is 1. The van der Waals surface area contributed by atoms with Gasteiger partial charge in [-0.3, -0.25) is 14.9 Å². The van der Waals surface area contributed by atoms with E-state index in [2.05, 4.69) is 0 Å². The van der Waals surface area contributed by atoms with Crippen LogP contribution in [0.25, 0.3) is 0 Å². The first-order valence-corrected chi connectivity index (χ1v) is 5.46. The number of hydrogen-bond donors (Lipinski definition) is 1. The van der Waals surface area contributed by atoms with Gasteiger partial charge in [-0.05, 0) is 6.07 Å². The van der Waals surface area contributed by atoms with Crippen molar-refractivity contribution in [2.24, 2.45) is 0 Å². The first kappa shape index (κ1) is 15.9. The number of aliphatic hydroxyl groups is 1. The molecule has 20 heavy (non-hydrogen) atoms. The van der Waals surface area contributed by atoms with Crippen molar-refractivity contribution in [3.8, 4) is 0 Å². The van der Waals surface area contributed by atoms with Gasteiger partial charge < -0.3 is 10.0 Å². The van der Waals surface area contributed by atoms with Crippen molar-refractivity contribution in [2.45, 2.75) is 6.18 Å². The van der Waals surface area contributed by atoms with Gasteiger partial charge in [0.2, 0.25) is 0 Å². The maximum Gasteiger partial charge on any atom is 0.406 e. The van der Waals surface area contributed by atoms with Crippen molar-refractivity contribution in [3.05, 3.63) is 39.9 Å². The van der Waals surface area contributed by atoms with E-state index in [4.69, 9.17) is 5.11 Å². The van der Waals surface area contributed by atoms with Gasteiger partial charge in [-0.2, -0.15) is 13.2 Å². The summed E-state index contributed by atoms with van der Waals surface area (Å²) in [6.07, 6.45) is -4.66. The van der Waals surface area contributed by atoms with Gasteiger partial charge in [-0.15, -0.1) is 0 Å². The normalized spacial score (nSPS) is 11.2. The third kappa shape index (κ3) is 4.19. The Morgan fingerprint density at radius 2 is 1.95 bits per heavy atom. The monoisotopic (exact) mass is 292 g/mol. The Balaban J connectivity index is 3.09. The predicted molar refractivity (Wildman–Crippen MR) is 62.1 cm³/mol. The molecule has 0 unspecified atom stereocenters. The molecule has 0 atom stereocenters. The number of halogens is 3. The van der Waals surface area contributed by atoms with Crippen LogP contribution in [-0.2, 0) is 0 Å². The highest BCUT2D eigenvalue weighted by atomic mass is 19.4. The number of nitro groups is 1. The number of carbonyl (C=O) groups is 1. The summed E-state index contributed by atoms with van der Waals surface area (Å²) in [7, 11) is 0. The summed E-state index contributed by atoms with van der Waals surface area (Å²) in [5.74, 6) is -1.15. The van der Waals surface area contributed by atoms with E-state index in [0.717, 1.165) is 12.1 Å². The third-order valence-electron chi connectivity index (χ3n) is 2.36. The highest BCUT2D eigenvalue weighted by molar-refractivity contribution is 5.98. The Morgan fingerprint density at radius 1 is 1.35 bits per heavy atom. The molecule has 0 aliphatic carbocycles. The smallest absolute Gasteiger partial charge is 0.395 e. The molecule has 110 valence electrons. The van der Waals surface area contributed by atoms with Gasteiger partial charge in [0.15, 0.2) is 0 Å². The number of carbonyl (C=O) groups excluding carboxylic acids is 1. The van der Waals surface area contributed by atoms with Crippen molar-refractivity contribution >= 4 is 11.6 Å². The lowest BCUT2D eigenvalue weighted by atomic mass is 10.1. The highest BCUT2D eigenvalue weighted by Crippen LogP contribution is 2.22. The number of benzene rings is 1. The van der Waals surface area contributed by atoms with Crippen LogP contribution in [0.15, 0.2) is 24.3 Å². The van der Waals surface area contributed by atoms with Crippen LogP contribution in [0, 0.1) is 10.1 Å². The number of nitro benzene ring substituents is 1. The van der Waals surface area contributed by atoms with Crippen molar-refractivity contribution in [1.82, 2.24) is 4.90 Å². The lowest BCUT2D eigenvalue weighted by molar-refractivity contribution is -0.385. The summed E-state index contributed by atoms with van der Waals surface area (Å²) in [6.45, 7) is -2.83. The molecule has 0 bridgehead atoms. The van der Waals surface area contributed by atoms with Crippen LogP contribution in [0.5, 0.6) is 0 Å². The molecule has 1 N–H and O–H groups in total. The minimum atomic E-state index is -4.66. The molecule has 0 heterocycles. The first-order valence-electron chi connectivity index (χ1n) is 5.46. The summed E-state index contributed by atoms with van der Waals surface area (Å²) in [5.41, 5.74) is -1.03. The Hall–Kier alpha value is -2.16. The largest absolute Gasteiger partial charge is 0.406 e. The quantitative estimate of drug-likeness (QED) is 0.660. The van der Waals surface area contributed by atoms with Crippen LogP contribution in [0.3, 0.4) is 0 Å². The maximum absolute atomic E-state index is 12.4. The molecule has 0 aliphatic rings. The van der Waals surface area contributed by atoms with Crippen LogP contribution < -0.4 is 0 Å². The minimum absolute atomic E-state index is 0.322. The van der Waals surface area contributed by atoms with Crippen molar-refractivity contribution in [2.75, 3.05) is 19.7 Å². The molecule has 0 saturated heterocycles. The molecule has 6 nitrogen and oxygen atoms in total. The molecule has 0 saturated carbocycles. The molecular weight excluding hydrogens is 281 g/mol. The van der Waals surface area contributed by atoms with Crippen LogP contribution in [0.4, 0.5) is 18.9 Å². The number of alkyl halides is 3. The summed E-state index contributed by atoms with van der Waals surface area (Å²) in [4.78, 5) is 22.2. The Morgan fingerprint density at radius 3 is 2.45 bits per heavy atom. The second-order valence-corrected chi connectivity index (χ2v) is 3.84. The summed E-state index contributed by atoms with van der Waals surface area (Å²) < 4.78 is 37.1. The van der Waals surface area contributed by atoms with E-state index in [9.17, 15) is 28.1 Å². The first-order chi connectivity index (χ1) is 9.26. The number of hydrogen-bond acceptors (Lipinski definition) is 4. The molecule has 9 heteroatoms. The second kappa shape index (κ2) is 6.33. The fraction of sp³-hybridized carbons (Fsp3) is 0.364. The zero-order chi connectivity index (χ0) is 15.3. The van der Waals surface area contributed by atoms with Crippen molar-refractivity contribution in [3.63, 3.8) is 0 Å². The summed E-state index contributed by atoms with van der Waals surface area (Å²) in [5, 5.41) is 19.5. The van der Waals surface area contributed by atoms with Crippen LogP contribution in [0.1, 0.15) is 10.4 Å². The van der Waals surface area contributed by atoms with Crippen LogP contribution in [0.2, 0.25) is 0 Å². The third-order valence-corrected chi connectivity index (χ3v) is 2.36. The Kier molecular flexibility index (Phi) is 5.03. The molecule has 1 rings (SSSR count). The van der Waals surface area contributed by atoms with Crippen molar-refractivity contribution in [1.29, 1.82) is 0 Å². The van der Waals surface area contributed by atoms with Crippen LogP contribution in [-0.4, -0.2) is 46.7 Å². The molecule has 0 radical (unpaired) electrons. The maximum atomic E-state index is 12.4. The molecule has 0 aromatic heterocycles. The number of para-hydroxylation sites is 1. The molecule has 1 aromatic rings. The Labute approximate surface area is 111 Å². The number of aliphatic hydroxyl groups excluding tert-OH is 1. The van der Waals surface area contributed by atoms with Gasteiger partial charge in [0.1, 0.15) is 12.1 Å². The van der Waals surface area contributed by atoms with Gasteiger partial charge in [0.05, 0.1) is 11.5 Å². The van der Waals surface area contributed by atoms with Gasteiger partial charge in [0, 0.05) is 12.6 Å². The standard InChI is InChI=1S/C11H11F3N2O4/c12-11(13,14)7-15(5-6-17)10(18)8-3-1-2-4-9(8)16(19)20/h1-4,17H,5-7H2. The van der Waals surface area contributed by atoms with Crippen molar-refractivity contribution < 1.29 is 28.0 Å². The van der Waals surface area contributed by atoms with Gasteiger partial charge in [-0.1, -0.05) is 12.1 Å². The van der Waals surface area contributed by atoms with E-state index < -0.39 is 48.0 Å². The topological polar surface area (TPSA) is 83.7 Å². The SMILES string of the molecule is O=C(c1ccccc1[N+](=O)[O-])N(CCO)CC(F)(F)F. The zero-order valence-electron chi connectivity index (χ0n) is 10.1. The zero-order valence-corrected chi connectivity index (χ0v) is 10.1. The van der Waals surface area contributed by atoms with E-state index in [0.29, 0.717) is 4.90 Å². The van der Waals surface area contributed by atoms with E-state index in [1.807, 2.05) is 0 Å². The van der Waals surface area contributed by atoms with E-state index in [1.165, 1.54) is 12.1 Å². The molecule has 0 spiro atoms. The molecular formula is C11H11F3N2O4. The number of rotatable bonds is 5. The minimum Gasteiger partial charge on any atom is -0.395 e. The molecule has 0 fully saturated rings. The fourth-order valence-corrected chi connectivity index (χ4v) is 1.57. The fourth-order valence-electron chi connectivity index (χ4n) is 1.57. The lowest BCUT2D eigenvalue weighted by Gasteiger charge is -2.22. The van der Waals surface area contributed by atoms with Crippen LogP contribution >= 0.6 is 0 Å². The van der Waals surface area contributed by atoms with E-state index >= 15 is 0 Å². The molecule has 1 amide bonds. The van der Waals surface area contributed by atoms with Gasteiger partial charge in [-0.25, -0.2) is 0 Å². The molecule has 1 aromatic carbocycles. The Bertz CT molecular complexity index is 505. The number of nitrogens with zero attached hydrogens (tertiary/aromatic N) is 2. The summed E-state index contributed by atoms with van der Waals surface area (Å²) >= 11 is 0. The van der Waals surface area contributed by atoms with Gasteiger partial charge >= 0.3 is 6.18 Å². The van der Waals surface area contributed by atoms with E-state index in [1.54, 1.807) is 0 Å². The second-order valence-electron chi connectivity index (χ2n) is 3.84.